The summed E-state index contributed by atoms with van der Waals surface area (Å²) in [5.41, 5.74) is 1.69. The third kappa shape index (κ3) is 3.09. The smallest absolute Gasteiger partial charge is 0.223 e. The molecular weight excluding hydrogens is 228 g/mol. The number of carbonyl (C=O) groups excluding carboxylic acids is 2. The summed E-state index contributed by atoms with van der Waals surface area (Å²) in [6.07, 6.45) is 1.91. The number of ketones is 1. The van der Waals surface area contributed by atoms with E-state index >= 15 is 0 Å². The maximum atomic E-state index is 11.8. The van der Waals surface area contributed by atoms with Gasteiger partial charge in [0.2, 0.25) is 5.91 Å². The van der Waals surface area contributed by atoms with Gasteiger partial charge in [0.25, 0.3) is 0 Å². The van der Waals surface area contributed by atoms with Gasteiger partial charge in [-0.05, 0) is 37.1 Å². The summed E-state index contributed by atoms with van der Waals surface area (Å²) in [5, 5.41) is 2.68. The Morgan fingerprint density at radius 3 is 2.33 bits per heavy atom. The number of benzene rings is 1. The normalized spacial score (nSPS) is 14.1. The van der Waals surface area contributed by atoms with Crippen molar-refractivity contribution in [3.05, 3.63) is 29.8 Å². The molecule has 1 fully saturated rings. The fourth-order valence-corrected chi connectivity index (χ4v) is 1.70. The molecule has 1 aromatic carbocycles. The Balaban J connectivity index is 1.89. The molecule has 18 heavy (non-hydrogen) atoms. The molecule has 96 valence electrons. The molecule has 0 unspecified atom stereocenters. The molecule has 4 nitrogen and oxygen atoms in total. The Morgan fingerprint density at radius 1 is 1.22 bits per heavy atom. The minimum atomic E-state index is -0.0469. The molecule has 1 saturated carbocycles. The second kappa shape index (κ2) is 5.21. The Bertz CT molecular complexity index is 447. The van der Waals surface area contributed by atoms with Crippen molar-refractivity contribution in [2.45, 2.75) is 12.8 Å². The Kier molecular flexibility index (Phi) is 3.65. The van der Waals surface area contributed by atoms with Crippen molar-refractivity contribution >= 4 is 17.4 Å². The summed E-state index contributed by atoms with van der Waals surface area (Å²) in [6.45, 7) is 0.0939. The van der Waals surface area contributed by atoms with Gasteiger partial charge in [-0.25, -0.2) is 0 Å². The van der Waals surface area contributed by atoms with Crippen LogP contribution in [-0.2, 0) is 4.79 Å². The molecule has 4 heteroatoms. The number of anilines is 1. The van der Waals surface area contributed by atoms with Gasteiger partial charge in [0, 0.05) is 31.3 Å². The lowest BCUT2D eigenvalue weighted by Crippen LogP contribution is -2.30. The maximum Gasteiger partial charge on any atom is 0.223 e. The van der Waals surface area contributed by atoms with Crippen LogP contribution in [0.1, 0.15) is 23.2 Å². The van der Waals surface area contributed by atoms with Gasteiger partial charge in [0.1, 0.15) is 0 Å². The van der Waals surface area contributed by atoms with Crippen molar-refractivity contribution < 1.29 is 9.59 Å². The average Bonchev–Trinajstić information content (AvgIpc) is 3.20. The van der Waals surface area contributed by atoms with Crippen molar-refractivity contribution in [3.8, 4) is 0 Å². The molecule has 0 aliphatic heterocycles. The van der Waals surface area contributed by atoms with E-state index in [1.165, 1.54) is 0 Å². The van der Waals surface area contributed by atoms with Crippen LogP contribution in [0.15, 0.2) is 24.3 Å². The van der Waals surface area contributed by atoms with Gasteiger partial charge < -0.3 is 10.2 Å². The lowest BCUT2D eigenvalue weighted by atomic mass is 10.1. The summed E-state index contributed by atoms with van der Waals surface area (Å²) >= 11 is 0. The van der Waals surface area contributed by atoms with E-state index in [2.05, 4.69) is 5.32 Å². The maximum absolute atomic E-state index is 11.8. The van der Waals surface area contributed by atoms with Crippen molar-refractivity contribution in [2.75, 3.05) is 25.5 Å². The van der Waals surface area contributed by atoms with E-state index in [1.54, 1.807) is 12.1 Å². The van der Waals surface area contributed by atoms with E-state index in [0.29, 0.717) is 5.56 Å². The zero-order valence-corrected chi connectivity index (χ0v) is 10.8. The number of hydrogen-bond donors (Lipinski definition) is 1. The first-order valence-electron chi connectivity index (χ1n) is 6.16. The molecule has 0 spiro atoms. The van der Waals surface area contributed by atoms with Crippen molar-refractivity contribution in [1.29, 1.82) is 0 Å². The number of rotatable bonds is 5. The molecule has 1 aromatic rings. The lowest BCUT2D eigenvalue weighted by molar-refractivity contribution is -0.122. The molecule has 0 saturated heterocycles. The van der Waals surface area contributed by atoms with E-state index in [-0.39, 0.29) is 24.2 Å². The van der Waals surface area contributed by atoms with Crippen LogP contribution in [-0.4, -0.2) is 32.3 Å². The zero-order valence-electron chi connectivity index (χ0n) is 10.8. The Morgan fingerprint density at radius 2 is 1.83 bits per heavy atom. The minimum absolute atomic E-state index is 0.00765. The second-order valence-corrected chi connectivity index (χ2v) is 4.86. The lowest BCUT2D eigenvalue weighted by Gasteiger charge is -2.12. The summed E-state index contributed by atoms with van der Waals surface area (Å²) < 4.78 is 0. The first-order chi connectivity index (χ1) is 8.58. The van der Waals surface area contributed by atoms with Gasteiger partial charge in [-0.2, -0.15) is 0 Å². The fourth-order valence-electron chi connectivity index (χ4n) is 1.70. The fraction of sp³-hybridized carbons (Fsp3) is 0.429. The van der Waals surface area contributed by atoms with Crippen molar-refractivity contribution in [1.82, 2.24) is 5.32 Å². The summed E-state index contributed by atoms with van der Waals surface area (Å²) in [4.78, 5) is 25.2. The largest absolute Gasteiger partial charge is 0.378 e. The van der Waals surface area contributed by atoms with Crippen molar-refractivity contribution in [3.63, 3.8) is 0 Å². The van der Waals surface area contributed by atoms with Crippen LogP contribution in [0, 0.1) is 5.92 Å². The highest BCUT2D eigenvalue weighted by atomic mass is 16.2. The topological polar surface area (TPSA) is 49.4 Å². The van der Waals surface area contributed by atoms with Crippen LogP contribution >= 0.6 is 0 Å². The van der Waals surface area contributed by atoms with Gasteiger partial charge in [-0.3, -0.25) is 9.59 Å². The van der Waals surface area contributed by atoms with E-state index < -0.39 is 0 Å². The molecular formula is C14H18N2O2. The standard InChI is InChI=1S/C14H18N2O2/c1-16(2)12-7-5-10(6-8-12)13(17)9-15-14(18)11-3-4-11/h5-8,11H,3-4,9H2,1-2H3,(H,15,18). The van der Waals surface area contributed by atoms with Gasteiger partial charge in [-0.15, -0.1) is 0 Å². The highest BCUT2D eigenvalue weighted by Crippen LogP contribution is 2.28. The molecule has 1 aliphatic carbocycles. The predicted octanol–water partition coefficient (Wildman–Crippen LogP) is 1.46. The molecule has 0 bridgehead atoms. The zero-order chi connectivity index (χ0) is 13.1. The highest BCUT2D eigenvalue weighted by molar-refractivity contribution is 5.99. The summed E-state index contributed by atoms with van der Waals surface area (Å²) in [7, 11) is 3.90. The molecule has 2 rings (SSSR count). The van der Waals surface area contributed by atoms with E-state index in [0.717, 1.165) is 18.5 Å². The number of amides is 1. The molecule has 1 amide bonds. The van der Waals surface area contributed by atoms with Gasteiger partial charge in [0.05, 0.1) is 6.54 Å². The van der Waals surface area contributed by atoms with Gasteiger partial charge >= 0.3 is 0 Å². The van der Waals surface area contributed by atoms with Crippen LogP contribution in [0.4, 0.5) is 5.69 Å². The molecule has 0 radical (unpaired) electrons. The molecule has 1 aliphatic rings. The summed E-state index contributed by atoms with van der Waals surface area (Å²) in [5.74, 6) is 0.108. The van der Waals surface area contributed by atoms with Crippen LogP contribution in [0.25, 0.3) is 0 Å². The average molecular weight is 246 g/mol. The third-order valence-corrected chi connectivity index (χ3v) is 3.08. The number of hydrogen-bond acceptors (Lipinski definition) is 3. The SMILES string of the molecule is CN(C)c1ccc(C(=O)CNC(=O)C2CC2)cc1. The van der Waals surface area contributed by atoms with E-state index in [9.17, 15) is 9.59 Å². The van der Waals surface area contributed by atoms with E-state index in [1.807, 2.05) is 31.1 Å². The summed E-state index contributed by atoms with van der Waals surface area (Å²) in [6, 6.07) is 7.38. The third-order valence-electron chi connectivity index (χ3n) is 3.08. The van der Waals surface area contributed by atoms with Crippen LogP contribution < -0.4 is 10.2 Å². The minimum Gasteiger partial charge on any atom is -0.378 e. The molecule has 0 atom stereocenters. The second-order valence-electron chi connectivity index (χ2n) is 4.86. The van der Waals surface area contributed by atoms with Gasteiger partial charge in [0.15, 0.2) is 5.78 Å². The predicted molar refractivity (Wildman–Crippen MR) is 70.8 cm³/mol. The highest BCUT2D eigenvalue weighted by Gasteiger charge is 2.29. The first kappa shape index (κ1) is 12.6. The molecule has 0 heterocycles. The molecule has 0 aromatic heterocycles. The number of nitrogens with one attached hydrogen (secondary N) is 1. The Hall–Kier alpha value is -1.84. The number of nitrogens with zero attached hydrogens (tertiary/aromatic N) is 1. The van der Waals surface area contributed by atoms with Crippen LogP contribution in [0.2, 0.25) is 0 Å². The van der Waals surface area contributed by atoms with Crippen LogP contribution in [0.5, 0.6) is 0 Å². The van der Waals surface area contributed by atoms with Crippen molar-refractivity contribution in [2.24, 2.45) is 5.92 Å². The first-order valence-corrected chi connectivity index (χ1v) is 6.16. The number of carbonyl (C=O) groups is 2. The monoisotopic (exact) mass is 246 g/mol. The van der Waals surface area contributed by atoms with E-state index in [4.69, 9.17) is 0 Å². The Labute approximate surface area is 107 Å². The quantitative estimate of drug-likeness (QED) is 0.800. The van der Waals surface area contributed by atoms with Crippen LogP contribution in [0.3, 0.4) is 0 Å². The number of Topliss-reactive ketones (excluding diaryl/α,β-unsaturated/α-hetero) is 1. The molecule has 1 N–H and O–H groups in total. The van der Waals surface area contributed by atoms with Gasteiger partial charge in [-0.1, -0.05) is 0 Å².